The van der Waals surface area contributed by atoms with Gasteiger partial charge in [0.1, 0.15) is 5.60 Å². The van der Waals surface area contributed by atoms with E-state index in [1.54, 1.807) is 0 Å². The van der Waals surface area contributed by atoms with E-state index in [1.165, 1.54) is 16.6 Å². The summed E-state index contributed by atoms with van der Waals surface area (Å²) >= 11 is 3.53. The summed E-state index contributed by atoms with van der Waals surface area (Å²) in [6.07, 6.45) is 2.38. The van der Waals surface area contributed by atoms with Crippen molar-refractivity contribution >= 4 is 32.9 Å². The topological polar surface area (TPSA) is 54.1 Å². The Morgan fingerprint density at radius 3 is 2.91 bits per heavy atom. The van der Waals surface area contributed by atoms with E-state index in [-0.39, 0.29) is 12.1 Å². The van der Waals surface area contributed by atoms with Gasteiger partial charge < -0.3 is 15.0 Å². The van der Waals surface area contributed by atoms with Crippen LogP contribution in [0.2, 0.25) is 0 Å². The second-order valence-corrected chi connectivity index (χ2v) is 7.77. The van der Waals surface area contributed by atoms with Crippen LogP contribution < -0.4 is 5.32 Å². The Morgan fingerprint density at radius 1 is 1.41 bits per heavy atom. The quantitative estimate of drug-likeness (QED) is 0.791. The van der Waals surface area contributed by atoms with Crippen molar-refractivity contribution in [1.29, 1.82) is 0 Å². The fraction of sp³-hybridized carbons (Fsp3) is 0.471. The van der Waals surface area contributed by atoms with Gasteiger partial charge in [0.25, 0.3) is 0 Å². The summed E-state index contributed by atoms with van der Waals surface area (Å²) in [6, 6.07) is 6.40. The van der Waals surface area contributed by atoms with E-state index in [0.29, 0.717) is 0 Å². The molecule has 2 N–H and O–H groups in total. The van der Waals surface area contributed by atoms with Crippen molar-refractivity contribution in [3.05, 3.63) is 33.9 Å². The number of aryl methyl sites for hydroxylation is 1. The van der Waals surface area contributed by atoms with Crippen molar-refractivity contribution in [2.24, 2.45) is 0 Å². The molecular weight excluding hydrogens is 344 g/mol. The predicted molar refractivity (Wildman–Crippen MR) is 91.2 cm³/mol. The van der Waals surface area contributed by atoms with Crippen LogP contribution in [0.3, 0.4) is 0 Å². The number of rotatable bonds is 1. The maximum atomic E-state index is 11.9. The van der Waals surface area contributed by atoms with Crippen molar-refractivity contribution in [3.63, 3.8) is 0 Å². The summed E-state index contributed by atoms with van der Waals surface area (Å²) < 4.78 is 6.42. The molecule has 4 nitrogen and oxygen atoms in total. The van der Waals surface area contributed by atoms with Gasteiger partial charge >= 0.3 is 6.09 Å². The molecule has 1 aliphatic rings. The molecule has 0 aliphatic heterocycles. The summed E-state index contributed by atoms with van der Waals surface area (Å²) in [5, 5.41) is 4.23. The molecule has 1 aromatic heterocycles. The standard InChI is InChI=1S/C17H21BrN2O2/c1-17(2,3)22-16(21)19-11-5-7-15-13(9-11)12-8-10(18)4-6-14(12)20-15/h4,6,8,11,20H,5,7,9H2,1-3H3,(H,19,21). The highest BCUT2D eigenvalue weighted by Gasteiger charge is 2.25. The Hall–Kier alpha value is -1.49. The van der Waals surface area contributed by atoms with Crippen molar-refractivity contribution in [3.8, 4) is 0 Å². The van der Waals surface area contributed by atoms with Gasteiger partial charge in [0.15, 0.2) is 0 Å². The molecule has 118 valence electrons. The number of ether oxygens (including phenoxy) is 1. The van der Waals surface area contributed by atoms with E-state index in [2.05, 4.69) is 38.4 Å². The molecule has 0 saturated heterocycles. The number of carbonyl (C=O) groups is 1. The Balaban J connectivity index is 1.77. The van der Waals surface area contributed by atoms with Crippen LogP contribution in [0.4, 0.5) is 4.79 Å². The average Bonchev–Trinajstić information content (AvgIpc) is 2.74. The SMILES string of the molecule is CC(C)(C)OC(=O)NC1CCc2[nH]c3ccc(Br)cc3c2C1. The molecule has 1 heterocycles. The van der Waals surface area contributed by atoms with Gasteiger partial charge in [0.2, 0.25) is 0 Å². The fourth-order valence-corrected chi connectivity index (χ4v) is 3.35. The van der Waals surface area contributed by atoms with Crippen LogP contribution in [0.1, 0.15) is 38.4 Å². The summed E-state index contributed by atoms with van der Waals surface area (Å²) in [6.45, 7) is 5.63. The van der Waals surface area contributed by atoms with Crippen molar-refractivity contribution < 1.29 is 9.53 Å². The molecule has 0 fully saturated rings. The largest absolute Gasteiger partial charge is 0.444 e. The Morgan fingerprint density at radius 2 is 2.18 bits per heavy atom. The molecule has 5 heteroatoms. The van der Waals surface area contributed by atoms with E-state index in [9.17, 15) is 4.79 Å². The number of amides is 1. The van der Waals surface area contributed by atoms with Gasteiger partial charge in [-0.2, -0.15) is 0 Å². The molecule has 22 heavy (non-hydrogen) atoms. The number of hydrogen-bond acceptors (Lipinski definition) is 2. The number of carbonyl (C=O) groups excluding carboxylic acids is 1. The van der Waals surface area contributed by atoms with Crippen molar-refractivity contribution in [2.75, 3.05) is 0 Å². The smallest absolute Gasteiger partial charge is 0.407 e. The van der Waals surface area contributed by atoms with Gasteiger partial charge in [-0.05, 0) is 63.8 Å². The first-order valence-electron chi connectivity index (χ1n) is 7.60. The third-order valence-corrected chi connectivity index (χ3v) is 4.36. The molecule has 1 unspecified atom stereocenters. The van der Waals surface area contributed by atoms with Crippen molar-refractivity contribution in [1.82, 2.24) is 10.3 Å². The zero-order valence-electron chi connectivity index (χ0n) is 13.1. The first-order valence-corrected chi connectivity index (χ1v) is 8.39. The molecule has 0 spiro atoms. The molecule has 1 aliphatic carbocycles. The number of halogens is 1. The van der Waals surface area contributed by atoms with Crippen LogP contribution in [-0.4, -0.2) is 22.7 Å². The molecule has 1 aromatic carbocycles. The molecule has 0 radical (unpaired) electrons. The van der Waals surface area contributed by atoms with Crippen LogP contribution in [0, 0.1) is 0 Å². The van der Waals surface area contributed by atoms with Gasteiger partial charge in [-0.1, -0.05) is 15.9 Å². The number of hydrogen-bond donors (Lipinski definition) is 2. The minimum atomic E-state index is -0.463. The van der Waals surface area contributed by atoms with Gasteiger partial charge in [0, 0.05) is 27.1 Å². The van der Waals surface area contributed by atoms with Gasteiger partial charge in [-0.3, -0.25) is 0 Å². The zero-order valence-corrected chi connectivity index (χ0v) is 14.7. The number of H-pyrrole nitrogens is 1. The number of fused-ring (bicyclic) bond motifs is 3. The molecule has 0 saturated carbocycles. The summed E-state index contributed by atoms with van der Waals surface area (Å²) in [5.41, 5.74) is 3.29. The van der Waals surface area contributed by atoms with Gasteiger partial charge in [-0.25, -0.2) is 4.79 Å². The zero-order chi connectivity index (χ0) is 15.9. The molecular formula is C17H21BrN2O2. The maximum Gasteiger partial charge on any atom is 0.407 e. The lowest BCUT2D eigenvalue weighted by atomic mass is 9.91. The van der Waals surface area contributed by atoms with E-state index in [4.69, 9.17) is 4.74 Å². The van der Waals surface area contributed by atoms with Crippen LogP contribution in [0.15, 0.2) is 22.7 Å². The highest BCUT2D eigenvalue weighted by Crippen LogP contribution is 2.31. The van der Waals surface area contributed by atoms with Crippen LogP contribution in [-0.2, 0) is 17.6 Å². The van der Waals surface area contributed by atoms with Gasteiger partial charge in [-0.15, -0.1) is 0 Å². The number of aromatic amines is 1. The Kier molecular flexibility index (Phi) is 3.93. The molecule has 2 aromatic rings. The lowest BCUT2D eigenvalue weighted by Crippen LogP contribution is -2.41. The van der Waals surface area contributed by atoms with Crippen LogP contribution in [0.5, 0.6) is 0 Å². The minimum absolute atomic E-state index is 0.125. The molecule has 1 amide bonds. The van der Waals surface area contributed by atoms with E-state index >= 15 is 0 Å². The normalized spacial score (nSPS) is 18.1. The lowest BCUT2D eigenvalue weighted by molar-refractivity contribution is 0.0500. The van der Waals surface area contributed by atoms with E-state index in [0.717, 1.165) is 29.3 Å². The third kappa shape index (κ3) is 3.29. The second kappa shape index (κ2) is 5.61. The van der Waals surface area contributed by atoms with Crippen molar-refractivity contribution in [2.45, 2.75) is 51.7 Å². The van der Waals surface area contributed by atoms with Crippen LogP contribution in [0.25, 0.3) is 10.9 Å². The Bertz CT molecular complexity index is 715. The number of benzene rings is 1. The highest BCUT2D eigenvalue weighted by atomic mass is 79.9. The number of alkyl carbamates (subject to hydrolysis) is 1. The van der Waals surface area contributed by atoms with Gasteiger partial charge in [0.05, 0.1) is 0 Å². The fourth-order valence-electron chi connectivity index (χ4n) is 2.99. The van der Waals surface area contributed by atoms with E-state index < -0.39 is 5.60 Å². The molecule has 1 atom stereocenters. The first-order chi connectivity index (χ1) is 10.3. The monoisotopic (exact) mass is 364 g/mol. The summed E-state index contributed by atoms with van der Waals surface area (Å²) in [5.74, 6) is 0. The van der Waals surface area contributed by atoms with Crippen LogP contribution >= 0.6 is 15.9 Å². The second-order valence-electron chi connectivity index (χ2n) is 6.86. The Labute approximate surface area is 138 Å². The maximum absolute atomic E-state index is 11.9. The first kappa shape index (κ1) is 15.4. The predicted octanol–water partition coefficient (Wildman–Crippen LogP) is 4.31. The average molecular weight is 365 g/mol. The van der Waals surface area contributed by atoms with E-state index in [1.807, 2.05) is 26.8 Å². The lowest BCUT2D eigenvalue weighted by Gasteiger charge is -2.26. The minimum Gasteiger partial charge on any atom is -0.444 e. The molecule has 3 rings (SSSR count). The highest BCUT2D eigenvalue weighted by molar-refractivity contribution is 9.10. The summed E-state index contributed by atoms with van der Waals surface area (Å²) in [7, 11) is 0. The number of nitrogens with one attached hydrogen (secondary N) is 2. The summed E-state index contributed by atoms with van der Waals surface area (Å²) in [4.78, 5) is 15.4. The number of aromatic nitrogens is 1. The molecule has 0 bridgehead atoms. The third-order valence-electron chi connectivity index (χ3n) is 3.87.